The summed E-state index contributed by atoms with van der Waals surface area (Å²) in [5.74, 6) is -2.32. The molecule has 1 heterocycles. The largest absolute Gasteiger partial charge is 0.478 e. The topological polar surface area (TPSA) is 92.4 Å². The van der Waals surface area contributed by atoms with Gasteiger partial charge in [0.15, 0.2) is 0 Å². The molecule has 0 radical (unpaired) electrons. The van der Waals surface area contributed by atoms with Gasteiger partial charge in [-0.1, -0.05) is 5.16 Å². The number of carboxylic acid groups (broad SMARTS) is 1. The van der Waals surface area contributed by atoms with Gasteiger partial charge in [0.1, 0.15) is 5.82 Å². The number of amides is 1. The molecule has 0 atom stereocenters. The highest BCUT2D eigenvalue weighted by molar-refractivity contribution is 6.03. The highest BCUT2D eigenvalue weighted by atomic mass is 19.1. The molecule has 0 saturated heterocycles. The minimum absolute atomic E-state index is 0.0465. The van der Waals surface area contributed by atoms with E-state index in [2.05, 4.69) is 10.5 Å². The minimum Gasteiger partial charge on any atom is -0.478 e. The van der Waals surface area contributed by atoms with Gasteiger partial charge in [-0.25, -0.2) is 9.18 Å². The van der Waals surface area contributed by atoms with Gasteiger partial charge in [0.2, 0.25) is 5.76 Å². The first-order valence-electron chi connectivity index (χ1n) is 5.90. The minimum atomic E-state index is -1.17. The summed E-state index contributed by atoms with van der Waals surface area (Å²) in [6, 6.07) is 3.90. The summed E-state index contributed by atoms with van der Waals surface area (Å²) >= 11 is 0. The summed E-state index contributed by atoms with van der Waals surface area (Å²) in [7, 11) is 0. The fraction of sp³-hybridized carbons (Fsp3) is 0.0714. The summed E-state index contributed by atoms with van der Waals surface area (Å²) in [5, 5.41) is 14.4. The van der Waals surface area contributed by atoms with Gasteiger partial charge in [-0.3, -0.25) is 4.79 Å². The zero-order valence-electron chi connectivity index (χ0n) is 11.0. The fourth-order valence-corrected chi connectivity index (χ4v) is 1.60. The van der Waals surface area contributed by atoms with E-state index in [0.29, 0.717) is 5.56 Å². The van der Waals surface area contributed by atoms with Gasteiger partial charge in [0.05, 0.1) is 6.20 Å². The lowest BCUT2D eigenvalue weighted by Crippen LogP contribution is -2.12. The molecule has 0 saturated carbocycles. The number of hydrogen-bond donors (Lipinski definition) is 2. The maximum absolute atomic E-state index is 13.7. The molecule has 1 amide bonds. The maximum Gasteiger partial charge on any atom is 0.328 e. The molecule has 0 fully saturated rings. The molecular weight excluding hydrogens is 279 g/mol. The zero-order valence-corrected chi connectivity index (χ0v) is 11.0. The van der Waals surface area contributed by atoms with Crippen LogP contribution in [0.5, 0.6) is 0 Å². The standard InChI is InChI=1S/C14H11FN2O4/c1-8-7-16-21-13(8)14(20)17-10-4-2-9(11(15)6-10)3-5-12(18)19/h2-7H,1H3,(H,17,20)(H,18,19). The average molecular weight is 290 g/mol. The van der Waals surface area contributed by atoms with Crippen LogP contribution in [-0.4, -0.2) is 22.1 Å². The molecule has 0 aliphatic carbocycles. The molecular formula is C14H11FN2O4. The molecule has 0 aliphatic heterocycles. The molecule has 108 valence electrons. The Morgan fingerprint density at radius 1 is 1.43 bits per heavy atom. The predicted molar refractivity (Wildman–Crippen MR) is 72.3 cm³/mol. The van der Waals surface area contributed by atoms with Crippen molar-refractivity contribution in [2.45, 2.75) is 6.92 Å². The number of anilines is 1. The predicted octanol–water partition coefficient (Wildman–Crippen LogP) is 2.47. The molecule has 1 aromatic carbocycles. The first-order valence-corrected chi connectivity index (χ1v) is 5.90. The van der Waals surface area contributed by atoms with Crippen molar-refractivity contribution < 1.29 is 23.6 Å². The van der Waals surface area contributed by atoms with Gasteiger partial charge >= 0.3 is 5.97 Å². The molecule has 0 bridgehead atoms. The number of carbonyl (C=O) groups excluding carboxylic acids is 1. The zero-order chi connectivity index (χ0) is 15.4. The number of hydrogen-bond acceptors (Lipinski definition) is 4. The lowest BCUT2D eigenvalue weighted by Gasteiger charge is -2.05. The number of halogens is 1. The molecule has 0 aliphatic rings. The van der Waals surface area contributed by atoms with E-state index in [1.54, 1.807) is 6.92 Å². The van der Waals surface area contributed by atoms with Gasteiger partial charge in [-0.15, -0.1) is 0 Å². The number of aryl methyl sites for hydroxylation is 1. The van der Waals surface area contributed by atoms with Crippen LogP contribution in [0.2, 0.25) is 0 Å². The van der Waals surface area contributed by atoms with E-state index in [1.807, 2.05) is 0 Å². The van der Waals surface area contributed by atoms with Crippen molar-refractivity contribution in [3.8, 4) is 0 Å². The molecule has 0 spiro atoms. The van der Waals surface area contributed by atoms with Crippen LogP contribution in [0.3, 0.4) is 0 Å². The van der Waals surface area contributed by atoms with Gasteiger partial charge in [0.25, 0.3) is 5.91 Å². The van der Waals surface area contributed by atoms with Crippen LogP contribution in [0.4, 0.5) is 10.1 Å². The van der Waals surface area contributed by atoms with Crippen LogP contribution in [0.1, 0.15) is 21.7 Å². The number of aromatic nitrogens is 1. The molecule has 6 nitrogen and oxygen atoms in total. The third-order valence-electron chi connectivity index (χ3n) is 2.62. The van der Waals surface area contributed by atoms with Crippen LogP contribution in [-0.2, 0) is 4.79 Å². The quantitative estimate of drug-likeness (QED) is 0.844. The van der Waals surface area contributed by atoms with E-state index in [9.17, 15) is 14.0 Å². The molecule has 21 heavy (non-hydrogen) atoms. The van der Waals surface area contributed by atoms with Crippen molar-refractivity contribution in [1.82, 2.24) is 5.16 Å². The van der Waals surface area contributed by atoms with E-state index in [1.165, 1.54) is 18.3 Å². The van der Waals surface area contributed by atoms with E-state index >= 15 is 0 Å². The highest BCUT2D eigenvalue weighted by Gasteiger charge is 2.14. The van der Waals surface area contributed by atoms with Crippen LogP contribution in [0.15, 0.2) is 35.0 Å². The Kier molecular flexibility index (Phi) is 4.13. The average Bonchev–Trinajstić information content (AvgIpc) is 2.84. The fourth-order valence-electron chi connectivity index (χ4n) is 1.60. The van der Waals surface area contributed by atoms with Gasteiger partial charge < -0.3 is 14.9 Å². The Morgan fingerprint density at radius 2 is 2.19 bits per heavy atom. The van der Waals surface area contributed by atoms with Crippen molar-refractivity contribution in [2.24, 2.45) is 0 Å². The van der Waals surface area contributed by atoms with Crippen molar-refractivity contribution in [2.75, 3.05) is 5.32 Å². The van der Waals surface area contributed by atoms with Crippen molar-refractivity contribution in [1.29, 1.82) is 0 Å². The lowest BCUT2D eigenvalue weighted by molar-refractivity contribution is -0.131. The Morgan fingerprint density at radius 3 is 2.76 bits per heavy atom. The summed E-state index contributed by atoms with van der Waals surface area (Å²) in [6.07, 6.45) is 3.35. The molecule has 0 unspecified atom stereocenters. The van der Waals surface area contributed by atoms with E-state index in [-0.39, 0.29) is 17.0 Å². The van der Waals surface area contributed by atoms with Crippen molar-refractivity contribution in [3.05, 3.63) is 53.2 Å². The van der Waals surface area contributed by atoms with Gasteiger partial charge in [-0.05, 0) is 31.2 Å². The normalized spacial score (nSPS) is 10.8. The van der Waals surface area contributed by atoms with Crippen LogP contribution in [0.25, 0.3) is 6.08 Å². The van der Waals surface area contributed by atoms with E-state index < -0.39 is 17.7 Å². The highest BCUT2D eigenvalue weighted by Crippen LogP contribution is 2.17. The van der Waals surface area contributed by atoms with Crippen LogP contribution >= 0.6 is 0 Å². The monoisotopic (exact) mass is 290 g/mol. The smallest absolute Gasteiger partial charge is 0.328 e. The van der Waals surface area contributed by atoms with Crippen LogP contribution < -0.4 is 5.32 Å². The third kappa shape index (κ3) is 3.53. The Hall–Kier alpha value is -2.96. The Balaban J connectivity index is 2.15. The summed E-state index contributed by atoms with van der Waals surface area (Å²) < 4.78 is 18.5. The van der Waals surface area contributed by atoms with Crippen LogP contribution in [0, 0.1) is 12.7 Å². The number of carboxylic acids is 1. The first kappa shape index (κ1) is 14.4. The maximum atomic E-state index is 13.7. The lowest BCUT2D eigenvalue weighted by atomic mass is 10.1. The molecule has 7 heteroatoms. The Bertz CT molecular complexity index is 722. The second kappa shape index (κ2) is 6.00. The SMILES string of the molecule is Cc1cnoc1C(=O)Nc1ccc(C=CC(=O)O)c(F)c1. The summed E-state index contributed by atoms with van der Waals surface area (Å²) in [4.78, 5) is 22.2. The second-order valence-corrected chi connectivity index (χ2v) is 4.20. The van der Waals surface area contributed by atoms with Crippen molar-refractivity contribution >= 4 is 23.6 Å². The summed E-state index contributed by atoms with van der Waals surface area (Å²) in [5.41, 5.74) is 0.890. The molecule has 1 aromatic heterocycles. The number of carbonyl (C=O) groups is 2. The van der Waals surface area contributed by atoms with E-state index in [4.69, 9.17) is 9.63 Å². The number of rotatable bonds is 4. The number of benzene rings is 1. The second-order valence-electron chi connectivity index (χ2n) is 4.20. The first-order chi connectivity index (χ1) is 9.97. The third-order valence-corrected chi connectivity index (χ3v) is 2.62. The Labute approximate surface area is 118 Å². The molecule has 2 rings (SSSR count). The van der Waals surface area contributed by atoms with E-state index in [0.717, 1.165) is 18.2 Å². The molecule has 2 aromatic rings. The number of nitrogens with zero attached hydrogens (tertiary/aromatic N) is 1. The summed E-state index contributed by atoms with van der Waals surface area (Å²) in [6.45, 7) is 1.66. The number of aliphatic carboxylic acids is 1. The number of nitrogens with one attached hydrogen (secondary N) is 1. The molecule has 2 N–H and O–H groups in total. The van der Waals surface area contributed by atoms with Gasteiger partial charge in [-0.2, -0.15) is 0 Å². The van der Waals surface area contributed by atoms with Gasteiger partial charge in [0, 0.05) is 22.9 Å². The van der Waals surface area contributed by atoms with Crippen molar-refractivity contribution in [3.63, 3.8) is 0 Å².